The van der Waals surface area contributed by atoms with E-state index in [1.165, 1.54) is 47.3 Å². The van der Waals surface area contributed by atoms with E-state index in [1.54, 1.807) is 6.07 Å². The molecule has 206 valence electrons. The van der Waals surface area contributed by atoms with Crippen molar-refractivity contribution in [3.63, 3.8) is 0 Å². The molecule has 0 amide bonds. The monoisotopic (exact) mass is 545 g/mol. The lowest BCUT2D eigenvalue weighted by atomic mass is 9.90. The van der Waals surface area contributed by atoms with Crippen LogP contribution in [0.25, 0.3) is 11.3 Å². The molecule has 39 heavy (non-hydrogen) atoms. The van der Waals surface area contributed by atoms with Gasteiger partial charge in [-0.25, -0.2) is 9.78 Å². The third-order valence-corrected chi connectivity index (χ3v) is 7.72. The van der Waals surface area contributed by atoms with Crippen molar-refractivity contribution in [3.8, 4) is 17.0 Å². The summed E-state index contributed by atoms with van der Waals surface area (Å²) >= 11 is 1.51. The van der Waals surface area contributed by atoms with Crippen LogP contribution in [0.15, 0.2) is 60.0 Å². The Bertz CT molecular complexity index is 1360. The Morgan fingerprint density at radius 2 is 1.69 bits per heavy atom. The topological polar surface area (TPSA) is 77.2 Å². The molecular weight excluding hydrogens is 506 g/mol. The fraction of sp³-hybridized carbons (Fsp3) is 0.406. The molecule has 6 nitrogen and oxygen atoms in total. The number of carbonyl (C=O) groups is 1. The summed E-state index contributed by atoms with van der Waals surface area (Å²) in [6.07, 6.45) is 4.86. The van der Waals surface area contributed by atoms with Crippen LogP contribution in [0.4, 0.5) is 0 Å². The van der Waals surface area contributed by atoms with Crippen LogP contribution in [0.3, 0.4) is 0 Å². The lowest BCUT2D eigenvalue weighted by Crippen LogP contribution is -2.14. The Balaban J connectivity index is 1.37. The summed E-state index contributed by atoms with van der Waals surface area (Å²) < 4.78 is 7.58. The lowest BCUT2D eigenvalue weighted by molar-refractivity contribution is 0.0684. The van der Waals surface area contributed by atoms with Crippen molar-refractivity contribution in [2.75, 3.05) is 0 Å². The molecule has 0 aliphatic rings. The van der Waals surface area contributed by atoms with Crippen LogP contribution < -0.4 is 4.74 Å². The van der Waals surface area contributed by atoms with Crippen LogP contribution in [0.2, 0.25) is 0 Å². The molecule has 0 atom stereocenters. The molecule has 4 rings (SSSR count). The molecule has 0 fully saturated rings. The molecule has 2 heterocycles. The Morgan fingerprint density at radius 3 is 2.28 bits per heavy atom. The standard InChI is InChI=1S/C32H39N3O3S/c1-6-8-23(9-7-2)24-14-16-26(17-15-24)38-20-22-10-12-25(13-11-22)27-21-39-30(33-27)19-35-28(31(36)37)18-29(34-35)32(3,4)5/h10-18,21,23H,6-9,19-20H2,1-5H3,(H,36,37). The van der Waals surface area contributed by atoms with E-state index in [1.807, 2.05) is 26.2 Å². The van der Waals surface area contributed by atoms with Gasteiger partial charge in [0.25, 0.3) is 0 Å². The van der Waals surface area contributed by atoms with E-state index in [9.17, 15) is 9.90 Å². The fourth-order valence-corrected chi connectivity index (χ4v) is 5.45. The minimum Gasteiger partial charge on any atom is -0.489 e. The van der Waals surface area contributed by atoms with Gasteiger partial charge in [-0.05, 0) is 48.1 Å². The van der Waals surface area contributed by atoms with E-state index in [0.717, 1.165) is 33.3 Å². The third-order valence-electron chi connectivity index (χ3n) is 6.89. The van der Waals surface area contributed by atoms with Crippen LogP contribution in [0.5, 0.6) is 5.75 Å². The second kappa shape index (κ2) is 12.6. The second-order valence-electron chi connectivity index (χ2n) is 11.1. The molecule has 1 N–H and O–H groups in total. The van der Waals surface area contributed by atoms with Crippen molar-refractivity contribution >= 4 is 17.3 Å². The Kier molecular flexibility index (Phi) is 9.23. The first-order valence-electron chi connectivity index (χ1n) is 13.8. The Morgan fingerprint density at radius 1 is 1.03 bits per heavy atom. The maximum Gasteiger partial charge on any atom is 0.354 e. The predicted octanol–water partition coefficient (Wildman–Crippen LogP) is 8.31. The minimum atomic E-state index is -0.985. The number of aromatic nitrogens is 3. The Hall–Kier alpha value is -3.45. The molecular formula is C32H39N3O3S. The molecule has 4 aromatic rings. The first-order valence-corrected chi connectivity index (χ1v) is 14.6. The maximum absolute atomic E-state index is 11.8. The van der Waals surface area contributed by atoms with Crippen LogP contribution in [-0.2, 0) is 18.6 Å². The van der Waals surface area contributed by atoms with Crippen LogP contribution in [0.1, 0.15) is 98.5 Å². The zero-order chi connectivity index (χ0) is 28.0. The first-order chi connectivity index (χ1) is 18.7. The van der Waals surface area contributed by atoms with Gasteiger partial charge in [0, 0.05) is 16.4 Å². The molecule has 0 spiro atoms. The van der Waals surface area contributed by atoms with Crippen molar-refractivity contribution < 1.29 is 14.6 Å². The number of carboxylic acids is 1. The van der Waals surface area contributed by atoms with Crippen LogP contribution in [0, 0.1) is 0 Å². The van der Waals surface area contributed by atoms with Crippen molar-refractivity contribution in [2.24, 2.45) is 0 Å². The zero-order valence-corrected chi connectivity index (χ0v) is 24.4. The minimum absolute atomic E-state index is 0.178. The SMILES string of the molecule is CCCC(CCC)c1ccc(OCc2ccc(-c3csc(Cn4nc(C(C)(C)C)cc4C(=O)O)n3)cc2)cc1. The summed E-state index contributed by atoms with van der Waals surface area (Å²) in [6, 6.07) is 18.5. The molecule has 0 unspecified atom stereocenters. The van der Waals surface area contributed by atoms with E-state index in [-0.39, 0.29) is 11.1 Å². The normalized spacial score (nSPS) is 11.7. The van der Waals surface area contributed by atoms with Gasteiger partial charge in [-0.1, -0.05) is 83.9 Å². The van der Waals surface area contributed by atoms with Gasteiger partial charge in [0.1, 0.15) is 23.1 Å². The number of thiazole rings is 1. The summed E-state index contributed by atoms with van der Waals surface area (Å²) in [7, 11) is 0. The summed E-state index contributed by atoms with van der Waals surface area (Å²) in [5.41, 5.74) is 5.07. The quantitative estimate of drug-likeness (QED) is 0.194. The highest BCUT2D eigenvalue weighted by molar-refractivity contribution is 7.09. The van der Waals surface area contributed by atoms with E-state index in [2.05, 4.69) is 67.5 Å². The molecule has 0 radical (unpaired) electrons. The van der Waals surface area contributed by atoms with Crippen molar-refractivity contribution in [1.29, 1.82) is 0 Å². The molecule has 2 aromatic carbocycles. The van der Waals surface area contributed by atoms with E-state index in [0.29, 0.717) is 19.1 Å². The summed E-state index contributed by atoms with van der Waals surface area (Å²) in [5.74, 6) is 0.529. The third kappa shape index (κ3) is 7.35. The van der Waals surface area contributed by atoms with E-state index in [4.69, 9.17) is 9.72 Å². The number of hydrogen-bond acceptors (Lipinski definition) is 5. The van der Waals surface area contributed by atoms with Gasteiger partial charge >= 0.3 is 5.97 Å². The number of benzene rings is 2. The second-order valence-corrected chi connectivity index (χ2v) is 12.0. The number of nitrogens with zero attached hydrogens (tertiary/aromatic N) is 3. The van der Waals surface area contributed by atoms with Gasteiger partial charge in [-0.15, -0.1) is 11.3 Å². The van der Waals surface area contributed by atoms with Gasteiger partial charge in [0.15, 0.2) is 0 Å². The van der Waals surface area contributed by atoms with Crippen molar-refractivity contribution in [2.45, 2.75) is 84.8 Å². The number of hydrogen-bond donors (Lipinski definition) is 1. The number of aromatic carboxylic acids is 1. The van der Waals surface area contributed by atoms with Gasteiger partial charge in [0.05, 0.1) is 17.9 Å². The average molecular weight is 546 g/mol. The lowest BCUT2D eigenvalue weighted by Gasteiger charge is -2.16. The van der Waals surface area contributed by atoms with E-state index < -0.39 is 5.97 Å². The first kappa shape index (κ1) is 28.6. The predicted molar refractivity (Wildman–Crippen MR) is 158 cm³/mol. The van der Waals surface area contributed by atoms with Crippen molar-refractivity contribution in [3.05, 3.63) is 87.5 Å². The summed E-state index contributed by atoms with van der Waals surface area (Å²) in [6.45, 7) is 11.4. The van der Waals surface area contributed by atoms with Gasteiger partial charge in [-0.2, -0.15) is 5.10 Å². The highest BCUT2D eigenvalue weighted by atomic mass is 32.1. The number of ether oxygens (including phenoxy) is 1. The molecule has 0 aliphatic carbocycles. The zero-order valence-electron chi connectivity index (χ0n) is 23.6. The largest absolute Gasteiger partial charge is 0.489 e. The highest BCUT2D eigenvalue weighted by Crippen LogP contribution is 2.29. The molecule has 0 saturated heterocycles. The molecule has 7 heteroatoms. The molecule has 2 aromatic heterocycles. The smallest absolute Gasteiger partial charge is 0.354 e. The number of carboxylic acid groups (broad SMARTS) is 1. The maximum atomic E-state index is 11.8. The molecule has 0 aliphatic heterocycles. The molecule has 0 saturated carbocycles. The summed E-state index contributed by atoms with van der Waals surface area (Å²) in [4.78, 5) is 16.5. The fourth-order valence-electron chi connectivity index (χ4n) is 4.67. The molecule has 0 bridgehead atoms. The number of rotatable bonds is 12. The Labute approximate surface area is 235 Å². The van der Waals surface area contributed by atoms with Crippen LogP contribution in [-0.4, -0.2) is 25.8 Å². The van der Waals surface area contributed by atoms with Crippen LogP contribution >= 0.6 is 11.3 Å². The van der Waals surface area contributed by atoms with Gasteiger partial charge < -0.3 is 9.84 Å². The van der Waals surface area contributed by atoms with Gasteiger partial charge in [-0.3, -0.25) is 4.68 Å². The van der Waals surface area contributed by atoms with E-state index >= 15 is 0 Å². The average Bonchev–Trinajstić information content (AvgIpc) is 3.56. The summed E-state index contributed by atoms with van der Waals surface area (Å²) in [5, 5.41) is 17.0. The van der Waals surface area contributed by atoms with Crippen molar-refractivity contribution in [1.82, 2.24) is 14.8 Å². The van der Waals surface area contributed by atoms with Gasteiger partial charge in [0.2, 0.25) is 0 Å². The highest BCUT2D eigenvalue weighted by Gasteiger charge is 2.23.